The van der Waals surface area contributed by atoms with Crippen LogP contribution in [-0.2, 0) is 6.42 Å². The maximum Gasteiger partial charge on any atom is 0.0650 e. The molecule has 1 aromatic heterocycles. The fourth-order valence-corrected chi connectivity index (χ4v) is 3.25. The normalized spacial score (nSPS) is 18.9. The first-order chi connectivity index (χ1) is 9.24. The number of rotatable bonds is 6. The predicted molar refractivity (Wildman–Crippen MR) is 78.1 cm³/mol. The van der Waals surface area contributed by atoms with Crippen molar-refractivity contribution in [3.8, 4) is 0 Å². The molecule has 0 aromatic carbocycles. The second-order valence-electron chi connectivity index (χ2n) is 5.93. The highest BCUT2D eigenvalue weighted by Gasteiger charge is 2.19. The van der Waals surface area contributed by atoms with Gasteiger partial charge in [-0.15, -0.1) is 0 Å². The summed E-state index contributed by atoms with van der Waals surface area (Å²) in [6, 6.07) is 2.67. The minimum absolute atomic E-state index is 0.246. The van der Waals surface area contributed by atoms with Gasteiger partial charge in [0.2, 0.25) is 0 Å². The number of hydrogen-bond donors (Lipinski definition) is 1. The summed E-state index contributed by atoms with van der Waals surface area (Å²) < 4.78 is 2.13. The Morgan fingerprint density at radius 2 is 1.95 bits per heavy atom. The molecular formula is C16H28N2O. The molecule has 1 atom stereocenters. The van der Waals surface area contributed by atoms with Crippen LogP contribution in [0.15, 0.2) is 12.3 Å². The third-order valence-electron chi connectivity index (χ3n) is 4.62. The molecule has 0 saturated heterocycles. The van der Waals surface area contributed by atoms with Gasteiger partial charge in [-0.3, -0.25) is 4.68 Å². The van der Waals surface area contributed by atoms with Gasteiger partial charge in [-0.05, 0) is 24.8 Å². The van der Waals surface area contributed by atoms with E-state index in [1.807, 2.05) is 0 Å². The summed E-state index contributed by atoms with van der Waals surface area (Å²) in [7, 11) is 0. The molecule has 19 heavy (non-hydrogen) atoms. The zero-order valence-electron chi connectivity index (χ0n) is 12.4. The molecule has 1 saturated carbocycles. The second-order valence-corrected chi connectivity index (χ2v) is 5.93. The molecule has 1 aromatic rings. The molecule has 3 heteroatoms. The Kier molecular flexibility index (Phi) is 5.44. The van der Waals surface area contributed by atoms with Gasteiger partial charge in [0.05, 0.1) is 17.8 Å². The van der Waals surface area contributed by atoms with Crippen LogP contribution >= 0.6 is 0 Å². The van der Waals surface area contributed by atoms with Crippen LogP contribution in [0, 0.1) is 5.92 Å². The highest BCUT2D eigenvalue weighted by atomic mass is 16.3. The van der Waals surface area contributed by atoms with Crippen molar-refractivity contribution < 1.29 is 5.11 Å². The van der Waals surface area contributed by atoms with Gasteiger partial charge in [0.25, 0.3) is 0 Å². The molecule has 0 bridgehead atoms. The fraction of sp³-hybridized carbons (Fsp3) is 0.812. The Balaban J connectivity index is 1.93. The van der Waals surface area contributed by atoms with Crippen molar-refractivity contribution in [2.75, 3.05) is 0 Å². The first-order valence-electron chi connectivity index (χ1n) is 7.96. The average molecular weight is 264 g/mol. The first kappa shape index (κ1) is 14.6. The van der Waals surface area contributed by atoms with Gasteiger partial charge in [-0.2, -0.15) is 5.10 Å². The largest absolute Gasteiger partial charge is 0.392 e. The van der Waals surface area contributed by atoms with Gasteiger partial charge in [0.15, 0.2) is 0 Å². The van der Waals surface area contributed by atoms with Crippen molar-refractivity contribution in [1.82, 2.24) is 9.78 Å². The molecule has 1 heterocycles. The molecule has 1 N–H and O–H groups in total. The van der Waals surface area contributed by atoms with E-state index in [1.165, 1.54) is 32.1 Å². The van der Waals surface area contributed by atoms with Gasteiger partial charge >= 0.3 is 0 Å². The summed E-state index contributed by atoms with van der Waals surface area (Å²) in [6.45, 7) is 4.30. The van der Waals surface area contributed by atoms with Crippen molar-refractivity contribution in [1.29, 1.82) is 0 Å². The van der Waals surface area contributed by atoms with Gasteiger partial charge in [-0.25, -0.2) is 0 Å². The standard InChI is InChI=1S/C16H28N2O/c1-3-13(4-2)16(19)12-14-10-11-18(17-14)15-8-6-5-7-9-15/h10-11,13,15-16,19H,3-9,12H2,1-2H3. The summed E-state index contributed by atoms with van der Waals surface area (Å²) in [4.78, 5) is 0. The Morgan fingerprint density at radius 1 is 1.26 bits per heavy atom. The SMILES string of the molecule is CCC(CC)C(O)Cc1ccn(C2CCCCC2)n1. The van der Waals surface area contributed by atoms with Gasteiger partial charge in [0, 0.05) is 12.6 Å². The van der Waals surface area contributed by atoms with E-state index in [-0.39, 0.29) is 6.10 Å². The summed E-state index contributed by atoms with van der Waals surface area (Å²) in [5, 5.41) is 14.9. The third-order valence-corrected chi connectivity index (χ3v) is 4.62. The number of aliphatic hydroxyl groups is 1. The van der Waals surface area contributed by atoms with Crippen LogP contribution in [0.2, 0.25) is 0 Å². The quantitative estimate of drug-likeness (QED) is 0.850. The van der Waals surface area contributed by atoms with E-state index in [0.717, 1.165) is 18.5 Å². The summed E-state index contributed by atoms with van der Waals surface area (Å²) >= 11 is 0. The molecule has 0 radical (unpaired) electrons. The van der Waals surface area contributed by atoms with E-state index in [1.54, 1.807) is 0 Å². The minimum atomic E-state index is -0.246. The smallest absolute Gasteiger partial charge is 0.0650 e. The van der Waals surface area contributed by atoms with Crippen LogP contribution in [0.5, 0.6) is 0 Å². The van der Waals surface area contributed by atoms with Gasteiger partial charge in [0.1, 0.15) is 0 Å². The molecule has 0 aliphatic heterocycles. The molecule has 3 nitrogen and oxygen atoms in total. The molecule has 1 aliphatic carbocycles. The number of aliphatic hydroxyl groups excluding tert-OH is 1. The lowest BCUT2D eigenvalue weighted by Crippen LogP contribution is -2.22. The molecule has 1 fully saturated rings. The number of aromatic nitrogens is 2. The highest BCUT2D eigenvalue weighted by molar-refractivity contribution is 5.02. The lowest BCUT2D eigenvalue weighted by molar-refractivity contribution is 0.102. The van der Waals surface area contributed by atoms with Crippen LogP contribution in [0.4, 0.5) is 0 Å². The molecule has 0 spiro atoms. The molecule has 2 rings (SSSR count). The maximum absolute atomic E-state index is 10.2. The van der Waals surface area contributed by atoms with Crippen LogP contribution in [0.1, 0.15) is 70.5 Å². The van der Waals surface area contributed by atoms with Gasteiger partial charge < -0.3 is 5.11 Å². The van der Waals surface area contributed by atoms with E-state index in [2.05, 4.69) is 35.9 Å². The Morgan fingerprint density at radius 3 is 2.58 bits per heavy atom. The summed E-state index contributed by atoms with van der Waals surface area (Å²) in [5.74, 6) is 0.403. The average Bonchev–Trinajstić information content (AvgIpc) is 2.89. The molecular weight excluding hydrogens is 236 g/mol. The van der Waals surface area contributed by atoms with E-state index >= 15 is 0 Å². The number of hydrogen-bond acceptors (Lipinski definition) is 2. The Hall–Kier alpha value is -0.830. The lowest BCUT2D eigenvalue weighted by Gasteiger charge is -2.22. The van der Waals surface area contributed by atoms with E-state index in [4.69, 9.17) is 0 Å². The minimum Gasteiger partial charge on any atom is -0.392 e. The third kappa shape index (κ3) is 3.82. The zero-order chi connectivity index (χ0) is 13.7. The molecule has 108 valence electrons. The van der Waals surface area contributed by atoms with Crippen molar-refractivity contribution in [3.05, 3.63) is 18.0 Å². The van der Waals surface area contributed by atoms with Crippen molar-refractivity contribution in [3.63, 3.8) is 0 Å². The summed E-state index contributed by atoms with van der Waals surface area (Å²) in [5.41, 5.74) is 1.05. The van der Waals surface area contributed by atoms with E-state index in [0.29, 0.717) is 18.4 Å². The van der Waals surface area contributed by atoms with E-state index in [9.17, 15) is 5.11 Å². The molecule has 0 amide bonds. The highest BCUT2D eigenvalue weighted by Crippen LogP contribution is 2.27. The first-order valence-corrected chi connectivity index (χ1v) is 7.96. The monoisotopic (exact) mass is 264 g/mol. The van der Waals surface area contributed by atoms with Crippen molar-refractivity contribution in [2.45, 2.75) is 77.4 Å². The fourth-order valence-electron chi connectivity index (χ4n) is 3.25. The van der Waals surface area contributed by atoms with Crippen LogP contribution in [0.25, 0.3) is 0 Å². The van der Waals surface area contributed by atoms with Crippen LogP contribution < -0.4 is 0 Å². The van der Waals surface area contributed by atoms with Crippen molar-refractivity contribution in [2.24, 2.45) is 5.92 Å². The Labute approximate surface area is 117 Å². The van der Waals surface area contributed by atoms with Crippen LogP contribution in [0.3, 0.4) is 0 Å². The summed E-state index contributed by atoms with van der Waals surface area (Å²) in [6.07, 6.45) is 11.2. The topological polar surface area (TPSA) is 38.0 Å². The maximum atomic E-state index is 10.2. The second kappa shape index (κ2) is 7.09. The van der Waals surface area contributed by atoms with Crippen LogP contribution in [-0.4, -0.2) is 21.0 Å². The number of nitrogens with zero attached hydrogens (tertiary/aromatic N) is 2. The lowest BCUT2D eigenvalue weighted by atomic mass is 9.93. The predicted octanol–water partition coefficient (Wildman–Crippen LogP) is 3.73. The van der Waals surface area contributed by atoms with E-state index < -0.39 is 0 Å². The molecule has 1 aliphatic rings. The van der Waals surface area contributed by atoms with Crippen molar-refractivity contribution >= 4 is 0 Å². The zero-order valence-corrected chi connectivity index (χ0v) is 12.4. The Bertz CT molecular complexity index is 365. The van der Waals surface area contributed by atoms with Gasteiger partial charge in [-0.1, -0.05) is 46.0 Å². The molecule has 1 unspecified atom stereocenters.